The van der Waals surface area contributed by atoms with Crippen LogP contribution >= 0.6 is 11.3 Å². The van der Waals surface area contributed by atoms with E-state index in [-0.39, 0.29) is 18.5 Å². The van der Waals surface area contributed by atoms with Crippen LogP contribution in [0.1, 0.15) is 29.0 Å². The maximum Gasteiger partial charge on any atom is 0.239 e. The Morgan fingerprint density at radius 1 is 1.28 bits per heavy atom. The van der Waals surface area contributed by atoms with Crippen LogP contribution in [0, 0.1) is 5.41 Å². The molecule has 0 aliphatic carbocycles. The lowest BCUT2D eigenvalue weighted by Gasteiger charge is -2.45. The third-order valence-corrected chi connectivity index (χ3v) is 7.22. The number of aliphatic hydroxyl groups excluding tert-OH is 1. The molecule has 0 bridgehead atoms. The van der Waals surface area contributed by atoms with Crippen molar-refractivity contribution in [2.45, 2.75) is 25.0 Å². The van der Waals surface area contributed by atoms with Gasteiger partial charge in [0.15, 0.2) is 5.96 Å². The Bertz CT molecular complexity index is 1340. The highest BCUT2D eigenvalue weighted by atomic mass is 32.1. The molecule has 2 atom stereocenters. The Morgan fingerprint density at radius 2 is 2.12 bits per heavy atom. The zero-order chi connectivity index (χ0) is 22.5. The van der Waals surface area contributed by atoms with E-state index in [1.54, 1.807) is 19.4 Å². The third-order valence-electron chi connectivity index (χ3n) is 6.05. The molecule has 0 spiro atoms. The fourth-order valence-electron chi connectivity index (χ4n) is 4.27. The second kappa shape index (κ2) is 7.58. The van der Waals surface area contributed by atoms with Crippen LogP contribution in [0.2, 0.25) is 0 Å². The molecule has 0 radical (unpaired) electrons. The van der Waals surface area contributed by atoms with Crippen LogP contribution < -0.4 is 5.32 Å². The van der Waals surface area contributed by atoms with E-state index in [1.165, 1.54) is 16.2 Å². The smallest absolute Gasteiger partial charge is 0.239 e. The number of aromatic nitrogens is 1. The molecule has 1 amide bonds. The lowest BCUT2D eigenvalue weighted by Crippen LogP contribution is -2.62. The summed E-state index contributed by atoms with van der Waals surface area (Å²) < 4.78 is 5.47. The quantitative estimate of drug-likeness (QED) is 0.439. The Kier molecular flexibility index (Phi) is 4.83. The average molecular weight is 447 g/mol. The van der Waals surface area contributed by atoms with Crippen molar-refractivity contribution in [3.63, 3.8) is 0 Å². The number of benzene rings is 1. The predicted octanol–water partition coefficient (Wildman–Crippen LogP) is 4.04. The van der Waals surface area contributed by atoms with E-state index in [0.29, 0.717) is 5.69 Å². The summed E-state index contributed by atoms with van der Waals surface area (Å²) in [7, 11) is 1.62. The Hall–Kier alpha value is -3.49. The molecule has 1 aromatic carbocycles. The van der Waals surface area contributed by atoms with Gasteiger partial charge >= 0.3 is 0 Å². The lowest BCUT2D eigenvalue weighted by molar-refractivity contribution is -0.131. The van der Waals surface area contributed by atoms with Crippen molar-refractivity contribution in [1.29, 1.82) is 5.41 Å². The molecule has 1 fully saturated rings. The summed E-state index contributed by atoms with van der Waals surface area (Å²) in [6.07, 6.45) is 1.63. The largest absolute Gasteiger partial charge is 0.464 e. The van der Waals surface area contributed by atoms with Gasteiger partial charge < -0.3 is 14.8 Å². The zero-order valence-electron chi connectivity index (χ0n) is 17.6. The van der Waals surface area contributed by atoms with Crippen LogP contribution in [0.15, 0.2) is 64.6 Å². The Morgan fingerprint density at radius 3 is 2.94 bits per heavy atom. The number of furan rings is 1. The van der Waals surface area contributed by atoms with E-state index in [4.69, 9.17) is 9.83 Å². The van der Waals surface area contributed by atoms with Crippen LogP contribution in [0.4, 0.5) is 0 Å². The van der Waals surface area contributed by atoms with Gasteiger partial charge in [0.25, 0.3) is 0 Å². The molecule has 7 nitrogen and oxygen atoms in total. The van der Waals surface area contributed by atoms with Crippen molar-refractivity contribution in [3.05, 3.63) is 76.3 Å². The molecule has 0 unspecified atom stereocenters. The van der Waals surface area contributed by atoms with E-state index in [0.717, 1.165) is 32.7 Å². The number of rotatable bonds is 4. The number of aliphatic hydroxyl groups is 1. The molecule has 3 aromatic heterocycles. The van der Waals surface area contributed by atoms with Crippen molar-refractivity contribution < 1.29 is 14.3 Å². The molecule has 8 heteroatoms. The Balaban J connectivity index is 1.61. The standard InChI is InChI=1S/C24H22N4O3S/c1-24(20-11-16(13-32-20)18-5-3-4-17(12-29)26-18)21(22(30)28(2)23(25)27-24)15-6-7-19-14(10-15)8-9-31-19/h3-11,13,21,29H,12H2,1-2H3,(H2,25,27)/t21-,24-/m1/s1. The minimum atomic E-state index is -0.824. The SMILES string of the molecule is CN1C(=N)N[C@](C)(c2cc(-c3cccc(CO)n3)cs2)[C@H](c2ccc3occc3c2)C1=O. The highest BCUT2D eigenvalue weighted by molar-refractivity contribution is 7.10. The van der Waals surface area contributed by atoms with Gasteiger partial charge in [0.2, 0.25) is 5.91 Å². The number of pyridine rings is 1. The summed E-state index contributed by atoms with van der Waals surface area (Å²) in [5.41, 5.74) is 3.06. The van der Waals surface area contributed by atoms with Gasteiger partial charge in [-0.1, -0.05) is 12.1 Å². The fourth-order valence-corrected chi connectivity index (χ4v) is 5.32. The van der Waals surface area contributed by atoms with Gasteiger partial charge in [-0.3, -0.25) is 20.1 Å². The number of carbonyl (C=O) groups excluding carboxylic acids is 1. The van der Waals surface area contributed by atoms with Crippen molar-refractivity contribution in [2.24, 2.45) is 0 Å². The number of hydrogen-bond acceptors (Lipinski definition) is 6. The predicted molar refractivity (Wildman–Crippen MR) is 123 cm³/mol. The van der Waals surface area contributed by atoms with Crippen molar-refractivity contribution in [1.82, 2.24) is 15.2 Å². The molecular weight excluding hydrogens is 424 g/mol. The second-order valence-corrected chi connectivity index (χ2v) is 9.01. The van der Waals surface area contributed by atoms with Crippen molar-refractivity contribution in [3.8, 4) is 11.3 Å². The molecule has 1 saturated heterocycles. The van der Waals surface area contributed by atoms with Crippen LogP contribution in [0.5, 0.6) is 0 Å². The molecule has 0 saturated carbocycles. The summed E-state index contributed by atoms with van der Waals surface area (Å²) in [6, 6.07) is 15.2. The molecule has 4 aromatic rings. The van der Waals surface area contributed by atoms with E-state index < -0.39 is 11.5 Å². The topological polar surface area (TPSA) is 102 Å². The maximum atomic E-state index is 13.4. The molecule has 3 N–H and O–H groups in total. The normalized spacial score (nSPS) is 21.2. The van der Waals surface area contributed by atoms with Crippen LogP contribution in [-0.4, -0.2) is 33.9 Å². The number of amides is 1. The summed E-state index contributed by atoms with van der Waals surface area (Å²) >= 11 is 1.52. The molecule has 162 valence electrons. The van der Waals surface area contributed by atoms with Gasteiger partial charge in [-0.15, -0.1) is 11.3 Å². The minimum Gasteiger partial charge on any atom is -0.464 e. The lowest BCUT2D eigenvalue weighted by atomic mass is 9.76. The first-order chi connectivity index (χ1) is 15.4. The van der Waals surface area contributed by atoms with Crippen LogP contribution in [-0.2, 0) is 16.9 Å². The van der Waals surface area contributed by atoms with Crippen LogP contribution in [0.25, 0.3) is 22.2 Å². The number of guanidine groups is 1. The van der Waals surface area contributed by atoms with Gasteiger partial charge in [0.05, 0.1) is 35.7 Å². The summed E-state index contributed by atoms with van der Waals surface area (Å²) in [6.45, 7) is 1.84. The second-order valence-electron chi connectivity index (χ2n) is 8.10. The molecule has 1 aliphatic rings. The van der Waals surface area contributed by atoms with Crippen molar-refractivity contribution in [2.75, 3.05) is 7.05 Å². The van der Waals surface area contributed by atoms with Crippen LogP contribution in [0.3, 0.4) is 0 Å². The first-order valence-corrected chi connectivity index (χ1v) is 11.1. The summed E-state index contributed by atoms with van der Waals surface area (Å²) in [5, 5.41) is 24.0. The highest BCUT2D eigenvalue weighted by Gasteiger charge is 2.49. The Labute approximate surface area is 188 Å². The summed E-state index contributed by atoms with van der Waals surface area (Å²) in [4.78, 5) is 20.2. The monoisotopic (exact) mass is 446 g/mol. The number of hydrogen-bond donors (Lipinski definition) is 3. The molecule has 5 rings (SSSR count). The van der Waals surface area contributed by atoms with E-state index in [2.05, 4.69) is 10.3 Å². The maximum absolute atomic E-state index is 13.4. The third kappa shape index (κ3) is 3.19. The first kappa shape index (κ1) is 20.4. The first-order valence-electron chi connectivity index (χ1n) is 10.2. The average Bonchev–Trinajstić information content (AvgIpc) is 3.47. The molecule has 1 aliphatic heterocycles. The number of fused-ring (bicyclic) bond motifs is 1. The number of nitrogens with one attached hydrogen (secondary N) is 2. The summed E-state index contributed by atoms with van der Waals surface area (Å²) in [5.74, 6) is -0.618. The van der Waals surface area contributed by atoms with E-state index >= 15 is 0 Å². The van der Waals surface area contributed by atoms with Gasteiger partial charge in [0.1, 0.15) is 5.58 Å². The molecular formula is C24H22N4O3S. The zero-order valence-corrected chi connectivity index (χ0v) is 18.4. The number of carbonyl (C=O) groups is 1. The highest BCUT2D eigenvalue weighted by Crippen LogP contribution is 2.44. The number of likely N-dealkylation sites (N-methyl/N-ethyl adjacent to an activating group) is 1. The molecule has 4 heterocycles. The van der Waals surface area contributed by atoms with Crippen molar-refractivity contribution >= 4 is 34.2 Å². The van der Waals surface area contributed by atoms with Gasteiger partial charge in [-0.05, 0) is 48.9 Å². The number of nitrogens with zero attached hydrogens (tertiary/aromatic N) is 2. The minimum absolute atomic E-state index is 0.0634. The van der Waals surface area contributed by atoms with E-state index in [9.17, 15) is 9.90 Å². The van der Waals surface area contributed by atoms with Gasteiger partial charge in [-0.25, -0.2) is 0 Å². The van der Waals surface area contributed by atoms with Gasteiger partial charge in [-0.2, -0.15) is 0 Å². The number of thiophene rings is 1. The fraction of sp³-hybridized carbons (Fsp3) is 0.208. The van der Waals surface area contributed by atoms with Gasteiger partial charge in [0, 0.05) is 28.3 Å². The van der Waals surface area contributed by atoms with E-state index in [1.807, 2.05) is 54.8 Å². The molecule has 32 heavy (non-hydrogen) atoms.